The number of aryl methyl sites for hydroxylation is 1. The number of benzene rings is 2. The Kier molecular flexibility index (Phi) is 5.63. The van der Waals surface area contributed by atoms with Gasteiger partial charge in [-0.1, -0.05) is 37.5 Å². The predicted molar refractivity (Wildman–Crippen MR) is 132 cm³/mol. The number of fused-ring (bicyclic) bond motifs is 3. The zero-order valence-electron chi connectivity index (χ0n) is 18.7. The maximum atomic E-state index is 4.63. The number of aromatic amines is 1. The Morgan fingerprint density at radius 2 is 1.74 bits per heavy atom. The number of rotatable bonds is 4. The molecule has 0 bridgehead atoms. The van der Waals surface area contributed by atoms with Gasteiger partial charge in [0.1, 0.15) is 0 Å². The van der Waals surface area contributed by atoms with Crippen molar-refractivity contribution in [1.82, 2.24) is 4.98 Å². The van der Waals surface area contributed by atoms with E-state index in [0.29, 0.717) is 0 Å². The Bertz CT molecular complexity index is 1110. The SMILES string of the molecule is CN(C)c1ccc(/C=N\N=C2/CCCc3c2[nH]c2ccc(C4CCCCC4)cc32)cc1. The van der Waals surface area contributed by atoms with Gasteiger partial charge in [-0.05, 0) is 79.0 Å². The first kappa shape index (κ1) is 20.0. The van der Waals surface area contributed by atoms with Crippen LogP contribution < -0.4 is 4.90 Å². The molecule has 0 radical (unpaired) electrons. The Hall–Kier alpha value is -2.88. The molecule has 3 aromatic rings. The normalized spacial score (nSPS) is 18.7. The smallest absolute Gasteiger partial charge is 0.0867 e. The molecule has 1 heterocycles. The summed E-state index contributed by atoms with van der Waals surface area (Å²) in [5.74, 6) is 0.740. The molecule has 2 aliphatic carbocycles. The zero-order chi connectivity index (χ0) is 21.2. The number of hydrogen-bond donors (Lipinski definition) is 1. The lowest BCUT2D eigenvalue weighted by Crippen LogP contribution is -2.11. The van der Waals surface area contributed by atoms with Crippen molar-refractivity contribution in [3.05, 3.63) is 64.8 Å². The fourth-order valence-electron chi connectivity index (χ4n) is 5.14. The minimum Gasteiger partial charge on any atom is -0.378 e. The van der Waals surface area contributed by atoms with Gasteiger partial charge in [-0.3, -0.25) is 0 Å². The van der Waals surface area contributed by atoms with Crippen molar-refractivity contribution >= 4 is 28.5 Å². The fraction of sp³-hybridized carbons (Fsp3) is 0.407. The molecule has 31 heavy (non-hydrogen) atoms. The van der Waals surface area contributed by atoms with Crippen molar-refractivity contribution < 1.29 is 0 Å². The molecule has 0 saturated heterocycles. The fourth-order valence-corrected chi connectivity index (χ4v) is 5.14. The molecule has 5 rings (SSSR count). The topological polar surface area (TPSA) is 43.8 Å². The standard InChI is InChI=1S/C27H32N4/c1-31(2)22-14-11-19(12-15-22)18-28-30-26-10-6-9-23-24-17-21(20-7-4-3-5-8-20)13-16-25(24)29-27(23)26/h11-18,20,29H,3-10H2,1-2H3/b28-18-,30-26+. The molecule has 0 aliphatic heterocycles. The molecule has 1 N–H and O–H groups in total. The van der Waals surface area contributed by atoms with Crippen molar-refractivity contribution in [2.24, 2.45) is 10.2 Å². The van der Waals surface area contributed by atoms with E-state index in [9.17, 15) is 0 Å². The van der Waals surface area contributed by atoms with Crippen molar-refractivity contribution in [1.29, 1.82) is 0 Å². The number of aromatic nitrogens is 1. The second-order valence-corrected chi connectivity index (χ2v) is 9.25. The minimum absolute atomic E-state index is 0.740. The Balaban J connectivity index is 1.41. The first-order valence-electron chi connectivity index (χ1n) is 11.7. The predicted octanol–water partition coefficient (Wildman–Crippen LogP) is 6.44. The van der Waals surface area contributed by atoms with E-state index in [1.54, 1.807) is 0 Å². The number of hydrogen-bond acceptors (Lipinski definition) is 3. The highest BCUT2D eigenvalue weighted by Crippen LogP contribution is 2.36. The summed E-state index contributed by atoms with van der Waals surface area (Å²) < 4.78 is 0. The summed E-state index contributed by atoms with van der Waals surface area (Å²) in [5.41, 5.74) is 8.73. The number of H-pyrrole nitrogens is 1. The van der Waals surface area contributed by atoms with Gasteiger partial charge in [-0.2, -0.15) is 10.2 Å². The van der Waals surface area contributed by atoms with E-state index < -0.39 is 0 Å². The van der Waals surface area contributed by atoms with Gasteiger partial charge < -0.3 is 9.88 Å². The highest BCUT2D eigenvalue weighted by molar-refractivity contribution is 6.06. The van der Waals surface area contributed by atoms with Crippen LogP contribution in [-0.4, -0.2) is 31.0 Å². The zero-order valence-corrected chi connectivity index (χ0v) is 18.7. The average molecular weight is 413 g/mol. The van der Waals surface area contributed by atoms with E-state index in [4.69, 9.17) is 0 Å². The van der Waals surface area contributed by atoms with Gasteiger partial charge in [0.25, 0.3) is 0 Å². The van der Waals surface area contributed by atoms with Crippen molar-refractivity contribution in [2.45, 2.75) is 57.3 Å². The summed E-state index contributed by atoms with van der Waals surface area (Å²) >= 11 is 0. The van der Waals surface area contributed by atoms with Gasteiger partial charge in [0.05, 0.1) is 17.6 Å². The quantitative estimate of drug-likeness (QED) is 0.389. The van der Waals surface area contributed by atoms with E-state index in [-0.39, 0.29) is 0 Å². The summed E-state index contributed by atoms with van der Waals surface area (Å²) in [6, 6.07) is 15.5. The second-order valence-electron chi connectivity index (χ2n) is 9.25. The first-order chi connectivity index (χ1) is 15.2. The molecule has 4 nitrogen and oxygen atoms in total. The second kappa shape index (κ2) is 8.70. The molecule has 0 unspecified atom stereocenters. The monoisotopic (exact) mass is 412 g/mol. The summed E-state index contributed by atoms with van der Waals surface area (Å²) in [7, 11) is 4.10. The lowest BCUT2D eigenvalue weighted by molar-refractivity contribution is 0.444. The van der Waals surface area contributed by atoms with Crippen LogP contribution in [0.2, 0.25) is 0 Å². The van der Waals surface area contributed by atoms with Crippen molar-refractivity contribution in [3.8, 4) is 0 Å². The summed E-state index contributed by atoms with van der Waals surface area (Å²) in [6.07, 6.45) is 11.9. The molecular weight excluding hydrogens is 380 g/mol. The molecule has 1 saturated carbocycles. The van der Waals surface area contributed by atoms with Crippen LogP contribution >= 0.6 is 0 Å². The van der Waals surface area contributed by atoms with Crippen LogP contribution in [0.1, 0.15) is 73.2 Å². The van der Waals surface area contributed by atoms with Gasteiger partial charge in [-0.15, -0.1) is 0 Å². The largest absolute Gasteiger partial charge is 0.378 e. The van der Waals surface area contributed by atoms with E-state index in [1.165, 1.54) is 65.5 Å². The molecule has 2 aliphatic rings. The van der Waals surface area contributed by atoms with Gasteiger partial charge in [0, 0.05) is 30.7 Å². The average Bonchev–Trinajstić information content (AvgIpc) is 3.19. The van der Waals surface area contributed by atoms with Crippen LogP contribution in [-0.2, 0) is 6.42 Å². The molecular formula is C27H32N4. The molecule has 1 fully saturated rings. The van der Waals surface area contributed by atoms with Crippen molar-refractivity contribution in [3.63, 3.8) is 0 Å². The van der Waals surface area contributed by atoms with E-state index >= 15 is 0 Å². The van der Waals surface area contributed by atoms with E-state index in [0.717, 1.165) is 36.5 Å². The highest BCUT2D eigenvalue weighted by Gasteiger charge is 2.22. The third-order valence-electron chi connectivity index (χ3n) is 6.93. The Morgan fingerprint density at radius 3 is 2.52 bits per heavy atom. The van der Waals surface area contributed by atoms with Crippen molar-refractivity contribution in [2.75, 3.05) is 19.0 Å². The van der Waals surface area contributed by atoms with Gasteiger partial charge in [0.2, 0.25) is 0 Å². The third-order valence-corrected chi connectivity index (χ3v) is 6.93. The number of anilines is 1. The van der Waals surface area contributed by atoms with Gasteiger partial charge in [-0.25, -0.2) is 0 Å². The lowest BCUT2D eigenvalue weighted by Gasteiger charge is -2.22. The molecule has 0 amide bonds. The van der Waals surface area contributed by atoms with Crippen LogP contribution in [0.4, 0.5) is 5.69 Å². The maximum Gasteiger partial charge on any atom is 0.0867 e. The number of nitrogens with one attached hydrogen (secondary N) is 1. The maximum absolute atomic E-state index is 4.63. The third kappa shape index (κ3) is 4.16. The summed E-state index contributed by atoms with van der Waals surface area (Å²) in [4.78, 5) is 5.75. The molecule has 0 atom stereocenters. The molecule has 1 aromatic heterocycles. The van der Waals surface area contributed by atoms with Crippen LogP contribution in [0.3, 0.4) is 0 Å². The van der Waals surface area contributed by atoms with E-state index in [1.807, 2.05) is 20.3 Å². The Labute approximate surface area is 185 Å². The molecule has 0 spiro atoms. The van der Waals surface area contributed by atoms with Gasteiger partial charge >= 0.3 is 0 Å². The molecule has 2 aromatic carbocycles. The summed E-state index contributed by atoms with van der Waals surface area (Å²) in [5, 5.41) is 10.5. The molecule has 4 heteroatoms. The number of nitrogens with zero attached hydrogens (tertiary/aromatic N) is 3. The lowest BCUT2D eigenvalue weighted by atomic mass is 9.83. The summed E-state index contributed by atoms with van der Waals surface area (Å²) in [6.45, 7) is 0. The van der Waals surface area contributed by atoms with Gasteiger partial charge in [0.15, 0.2) is 0 Å². The van der Waals surface area contributed by atoms with Crippen LogP contribution in [0, 0.1) is 0 Å². The van der Waals surface area contributed by atoms with Crippen LogP contribution in [0.5, 0.6) is 0 Å². The minimum atomic E-state index is 0.740. The van der Waals surface area contributed by atoms with E-state index in [2.05, 4.69) is 62.6 Å². The van der Waals surface area contributed by atoms with Crippen LogP contribution in [0.15, 0.2) is 52.7 Å². The first-order valence-corrected chi connectivity index (χ1v) is 11.7. The van der Waals surface area contributed by atoms with Crippen LogP contribution in [0.25, 0.3) is 10.9 Å². The Morgan fingerprint density at radius 1 is 0.935 bits per heavy atom. The molecule has 160 valence electrons. The highest BCUT2D eigenvalue weighted by atomic mass is 15.2.